The molecule has 27 heavy (non-hydrogen) atoms. The lowest BCUT2D eigenvalue weighted by Crippen LogP contribution is -2.33. The summed E-state index contributed by atoms with van der Waals surface area (Å²) in [4.78, 5) is 15.0. The van der Waals surface area contributed by atoms with Crippen LogP contribution in [0.4, 0.5) is 0 Å². The number of ether oxygens (including phenoxy) is 1. The minimum Gasteiger partial charge on any atom is -0.497 e. The molecule has 1 amide bonds. The number of hydrogen-bond acceptors (Lipinski definition) is 4. The molecule has 1 aliphatic rings. The molecule has 0 radical (unpaired) electrons. The van der Waals surface area contributed by atoms with Crippen molar-refractivity contribution in [2.45, 2.75) is 37.2 Å². The number of carbonyl (C=O) groups excluding carboxylic acids is 1. The molecule has 0 unspecified atom stereocenters. The number of rotatable bonds is 8. The lowest BCUT2D eigenvalue weighted by atomic mass is 10.1. The van der Waals surface area contributed by atoms with Crippen LogP contribution in [0.15, 0.2) is 53.4 Å². The standard InChI is InChI=1S/C20H24N2O4S/c1-3-21-27(24,25)19-6-4-5-16(13-19)20(23)22(17-9-10-17)14-15-7-11-18(26-2)12-8-15/h4-8,11-13,17,21H,3,9-10,14H2,1-2H3. The van der Waals surface area contributed by atoms with E-state index in [1.165, 1.54) is 12.1 Å². The molecule has 1 N–H and O–H groups in total. The Morgan fingerprint density at radius 2 is 1.89 bits per heavy atom. The number of benzene rings is 2. The summed E-state index contributed by atoms with van der Waals surface area (Å²) >= 11 is 0. The van der Waals surface area contributed by atoms with E-state index in [-0.39, 0.29) is 16.8 Å². The highest BCUT2D eigenvalue weighted by atomic mass is 32.2. The lowest BCUT2D eigenvalue weighted by molar-refractivity contribution is 0.0729. The molecule has 0 aliphatic heterocycles. The third-order valence-corrected chi connectivity index (χ3v) is 6.03. The van der Waals surface area contributed by atoms with E-state index in [1.54, 1.807) is 26.2 Å². The van der Waals surface area contributed by atoms with Gasteiger partial charge in [0.15, 0.2) is 0 Å². The van der Waals surface area contributed by atoms with E-state index in [0.717, 1.165) is 24.2 Å². The van der Waals surface area contributed by atoms with Crippen molar-refractivity contribution in [1.82, 2.24) is 9.62 Å². The summed E-state index contributed by atoms with van der Waals surface area (Å²) in [6.45, 7) is 2.50. The van der Waals surface area contributed by atoms with E-state index in [9.17, 15) is 13.2 Å². The van der Waals surface area contributed by atoms with Crippen LogP contribution < -0.4 is 9.46 Å². The monoisotopic (exact) mass is 388 g/mol. The summed E-state index contributed by atoms with van der Waals surface area (Å²) in [7, 11) is -1.98. The van der Waals surface area contributed by atoms with Crippen LogP contribution in [0.25, 0.3) is 0 Å². The van der Waals surface area contributed by atoms with E-state index < -0.39 is 10.0 Å². The normalized spacial score (nSPS) is 14.0. The molecule has 1 aliphatic carbocycles. The SMILES string of the molecule is CCNS(=O)(=O)c1cccc(C(=O)N(Cc2ccc(OC)cc2)C2CC2)c1. The maximum atomic E-state index is 13.1. The van der Waals surface area contributed by atoms with Crippen molar-refractivity contribution in [2.24, 2.45) is 0 Å². The maximum absolute atomic E-state index is 13.1. The van der Waals surface area contributed by atoms with Crippen molar-refractivity contribution in [1.29, 1.82) is 0 Å². The molecule has 144 valence electrons. The molecule has 0 spiro atoms. The summed E-state index contributed by atoms with van der Waals surface area (Å²) in [5.41, 5.74) is 1.39. The molecule has 1 saturated carbocycles. The third kappa shape index (κ3) is 4.67. The van der Waals surface area contributed by atoms with Crippen molar-refractivity contribution < 1.29 is 17.9 Å². The highest BCUT2D eigenvalue weighted by Crippen LogP contribution is 2.30. The third-order valence-electron chi connectivity index (χ3n) is 4.49. The van der Waals surface area contributed by atoms with Gasteiger partial charge in [0.1, 0.15) is 5.75 Å². The summed E-state index contributed by atoms with van der Waals surface area (Å²) in [6.07, 6.45) is 1.94. The highest BCUT2D eigenvalue weighted by Gasteiger charge is 2.33. The van der Waals surface area contributed by atoms with Gasteiger partial charge in [-0.1, -0.05) is 25.1 Å². The quantitative estimate of drug-likeness (QED) is 0.754. The summed E-state index contributed by atoms with van der Waals surface area (Å²) in [5, 5.41) is 0. The molecule has 0 aromatic heterocycles. The largest absolute Gasteiger partial charge is 0.497 e. The topological polar surface area (TPSA) is 75.7 Å². The highest BCUT2D eigenvalue weighted by molar-refractivity contribution is 7.89. The molecule has 3 rings (SSSR count). The first-order valence-electron chi connectivity index (χ1n) is 8.98. The maximum Gasteiger partial charge on any atom is 0.254 e. The molecule has 0 bridgehead atoms. The Morgan fingerprint density at radius 3 is 2.48 bits per heavy atom. The van der Waals surface area contributed by atoms with Crippen molar-refractivity contribution in [3.8, 4) is 5.75 Å². The molecule has 0 atom stereocenters. The fourth-order valence-corrected chi connectivity index (χ4v) is 4.00. The zero-order chi connectivity index (χ0) is 19.4. The molecule has 2 aromatic carbocycles. The van der Waals surface area contributed by atoms with Crippen molar-refractivity contribution in [3.05, 3.63) is 59.7 Å². The Bertz CT molecular complexity index is 906. The number of methoxy groups -OCH3 is 1. The van der Waals surface area contributed by atoms with Crippen molar-refractivity contribution >= 4 is 15.9 Å². The Labute approximate surface area is 160 Å². The minimum atomic E-state index is -3.60. The molecular weight excluding hydrogens is 364 g/mol. The van der Waals surface area contributed by atoms with Gasteiger partial charge in [-0.15, -0.1) is 0 Å². The molecule has 1 fully saturated rings. The molecule has 0 heterocycles. The molecular formula is C20H24N2O4S. The average molecular weight is 388 g/mol. The van der Waals surface area contributed by atoms with Crippen molar-refractivity contribution in [3.63, 3.8) is 0 Å². The molecule has 7 heteroatoms. The predicted octanol–water partition coefficient (Wildman–Crippen LogP) is 2.80. The zero-order valence-electron chi connectivity index (χ0n) is 15.5. The fraction of sp³-hybridized carbons (Fsp3) is 0.350. The number of nitrogens with one attached hydrogen (secondary N) is 1. The van der Waals surface area contributed by atoms with Gasteiger partial charge >= 0.3 is 0 Å². The van der Waals surface area contributed by atoms with Gasteiger partial charge in [-0.2, -0.15) is 0 Å². The van der Waals surface area contributed by atoms with Crippen LogP contribution in [0.2, 0.25) is 0 Å². The van der Waals surface area contributed by atoms with Crippen molar-refractivity contribution in [2.75, 3.05) is 13.7 Å². The second-order valence-corrected chi connectivity index (χ2v) is 8.31. The van der Waals surface area contributed by atoms with Gasteiger partial charge in [0, 0.05) is 24.7 Å². The predicted molar refractivity (Wildman–Crippen MR) is 103 cm³/mol. The Morgan fingerprint density at radius 1 is 1.19 bits per heavy atom. The van der Waals surface area contributed by atoms with E-state index >= 15 is 0 Å². The molecule has 6 nitrogen and oxygen atoms in total. The first kappa shape index (κ1) is 19.4. The second-order valence-electron chi connectivity index (χ2n) is 6.54. The van der Waals surface area contributed by atoms with Gasteiger partial charge in [0.05, 0.1) is 12.0 Å². The van der Waals surface area contributed by atoms with Crippen LogP contribution in [0.5, 0.6) is 5.75 Å². The number of carbonyl (C=O) groups is 1. The summed E-state index contributed by atoms with van der Waals surface area (Å²) in [5.74, 6) is 0.617. The lowest BCUT2D eigenvalue weighted by Gasteiger charge is -2.23. The summed E-state index contributed by atoms with van der Waals surface area (Å²) in [6, 6.07) is 14.0. The number of sulfonamides is 1. The zero-order valence-corrected chi connectivity index (χ0v) is 16.3. The number of amides is 1. The molecule has 2 aromatic rings. The van der Waals surface area contributed by atoms with Gasteiger partial charge in [0.2, 0.25) is 10.0 Å². The number of hydrogen-bond donors (Lipinski definition) is 1. The smallest absolute Gasteiger partial charge is 0.254 e. The van der Waals surface area contributed by atoms with Crippen LogP contribution in [-0.2, 0) is 16.6 Å². The molecule has 0 saturated heterocycles. The Kier molecular flexibility index (Phi) is 5.82. The van der Waals surface area contributed by atoms with Crippen LogP contribution in [0.1, 0.15) is 35.7 Å². The summed E-state index contributed by atoms with van der Waals surface area (Å²) < 4.78 is 32.1. The van der Waals surface area contributed by atoms with Crippen LogP contribution >= 0.6 is 0 Å². The van der Waals surface area contributed by atoms with Gasteiger partial charge in [0.25, 0.3) is 5.91 Å². The number of nitrogens with zero attached hydrogens (tertiary/aromatic N) is 1. The first-order chi connectivity index (χ1) is 12.9. The van der Waals surface area contributed by atoms with E-state index in [2.05, 4.69) is 4.72 Å². The Hall–Kier alpha value is -2.38. The average Bonchev–Trinajstić information content (AvgIpc) is 3.51. The first-order valence-corrected chi connectivity index (χ1v) is 10.5. The van der Waals surface area contributed by atoms with E-state index in [0.29, 0.717) is 18.7 Å². The van der Waals surface area contributed by atoms with Crippen LogP contribution in [0.3, 0.4) is 0 Å². The van der Waals surface area contributed by atoms with Crippen LogP contribution in [-0.4, -0.2) is 38.9 Å². The van der Waals surface area contributed by atoms with Gasteiger partial charge < -0.3 is 9.64 Å². The van der Waals surface area contributed by atoms with Gasteiger partial charge in [-0.3, -0.25) is 4.79 Å². The van der Waals surface area contributed by atoms with E-state index in [1.807, 2.05) is 29.2 Å². The van der Waals surface area contributed by atoms with Gasteiger partial charge in [-0.25, -0.2) is 13.1 Å². The Balaban J connectivity index is 1.83. The van der Waals surface area contributed by atoms with E-state index in [4.69, 9.17) is 4.74 Å². The minimum absolute atomic E-state index is 0.107. The van der Waals surface area contributed by atoms with Gasteiger partial charge in [-0.05, 0) is 48.7 Å². The van der Waals surface area contributed by atoms with Crippen LogP contribution in [0, 0.1) is 0 Å². The fourth-order valence-electron chi connectivity index (χ4n) is 2.92. The second kappa shape index (κ2) is 8.10.